The van der Waals surface area contributed by atoms with Gasteiger partial charge in [0.1, 0.15) is 0 Å². The first-order chi connectivity index (χ1) is 11.5. The molecule has 1 aromatic rings. The second kappa shape index (κ2) is 7.08. The molecule has 2 fully saturated rings. The normalized spacial score (nSPS) is 19.3. The highest BCUT2D eigenvalue weighted by Crippen LogP contribution is 2.31. The van der Waals surface area contributed by atoms with Crippen molar-refractivity contribution in [3.05, 3.63) is 29.8 Å². The van der Waals surface area contributed by atoms with Gasteiger partial charge >= 0.3 is 6.03 Å². The van der Waals surface area contributed by atoms with Gasteiger partial charge in [0.2, 0.25) is 10.0 Å². The SMILES string of the molecule is COCc1ccc(NC(=O)N2CCN(S(=O)(=O)C3CC3)CC2)cc1. The standard InChI is InChI=1S/C16H23N3O4S/c1-23-12-13-2-4-14(5-3-13)17-16(20)18-8-10-19(11-9-18)24(21,22)15-6-7-15/h2-5,15H,6-12H2,1H3,(H,17,20). The number of nitrogens with one attached hydrogen (secondary N) is 1. The lowest BCUT2D eigenvalue weighted by atomic mass is 10.2. The Hall–Kier alpha value is -1.64. The van der Waals surface area contributed by atoms with Gasteiger partial charge in [0.25, 0.3) is 0 Å². The van der Waals surface area contributed by atoms with Crippen molar-refractivity contribution in [2.24, 2.45) is 0 Å². The maximum absolute atomic E-state index is 12.3. The third-order valence-corrected chi connectivity index (χ3v) is 6.75. The van der Waals surface area contributed by atoms with Crippen LogP contribution >= 0.6 is 0 Å². The zero-order valence-corrected chi connectivity index (χ0v) is 14.6. The molecule has 0 spiro atoms. The van der Waals surface area contributed by atoms with Gasteiger partial charge in [0, 0.05) is 39.0 Å². The van der Waals surface area contributed by atoms with E-state index < -0.39 is 10.0 Å². The average molecular weight is 353 g/mol. The maximum atomic E-state index is 12.3. The molecule has 24 heavy (non-hydrogen) atoms. The summed E-state index contributed by atoms with van der Waals surface area (Å²) in [5.41, 5.74) is 1.75. The summed E-state index contributed by atoms with van der Waals surface area (Å²) < 4.78 is 31.0. The van der Waals surface area contributed by atoms with Gasteiger partial charge in [-0.1, -0.05) is 12.1 Å². The third kappa shape index (κ3) is 3.88. The molecule has 3 rings (SSSR count). The topological polar surface area (TPSA) is 79.0 Å². The smallest absolute Gasteiger partial charge is 0.321 e. The van der Waals surface area contributed by atoms with E-state index in [2.05, 4.69) is 5.32 Å². The first-order valence-electron chi connectivity index (χ1n) is 8.13. The highest BCUT2D eigenvalue weighted by molar-refractivity contribution is 7.90. The molecule has 1 heterocycles. The number of ether oxygens (including phenoxy) is 1. The Morgan fingerprint density at radius 2 is 1.79 bits per heavy atom. The number of nitrogens with zero attached hydrogens (tertiary/aromatic N) is 2. The van der Waals surface area contributed by atoms with E-state index in [-0.39, 0.29) is 11.3 Å². The summed E-state index contributed by atoms with van der Waals surface area (Å²) >= 11 is 0. The summed E-state index contributed by atoms with van der Waals surface area (Å²) in [7, 11) is -1.51. The van der Waals surface area contributed by atoms with Crippen LogP contribution in [0.5, 0.6) is 0 Å². The molecule has 132 valence electrons. The number of rotatable bonds is 5. The summed E-state index contributed by atoms with van der Waals surface area (Å²) in [5, 5.41) is 2.66. The summed E-state index contributed by atoms with van der Waals surface area (Å²) in [5.74, 6) is 0. The van der Waals surface area contributed by atoms with Gasteiger partial charge in [-0.15, -0.1) is 0 Å². The van der Waals surface area contributed by atoms with E-state index >= 15 is 0 Å². The number of benzene rings is 1. The summed E-state index contributed by atoms with van der Waals surface area (Å²) in [6.07, 6.45) is 1.53. The summed E-state index contributed by atoms with van der Waals surface area (Å²) in [4.78, 5) is 14.0. The first-order valence-corrected chi connectivity index (χ1v) is 9.64. The van der Waals surface area contributed by atoms with Gasteiger partial charge in [-0.3, -0.25) is 0 Å². The van der Waals surface area contributed by atoms with Gasteiger partial charge in [0.05, 0.1) is 11.9 Å². The fourth-order valence-corrected chi connectivity index (χ4v) is 4.60. The molecule has 0 bridgehead atoms. The van der Waals surface area contributed by atoms with Crippen molar-refractivity contribution in [2.75, 3.05) is 38.6 Å². The van der Waals surface area contributed by atoms with Crippen LogP contribution in [0.25, 0.3) is 0 Å². The lowest BCUT2D eigenvalue weighted by Gasteiger charge is -2.34. The Morgan fingerprint density at radius 3 is 2.33 bits per heavy atom. The number of carbonyl (C=O) groups is 1. The molecule has 1 aromatic carbocycles. The van der Waals surface area contributed by atoms with Crippen LogP contribution < -0.4 is 5.32 Å². The van der Waals surface area contributed by atoms with Gasteiger partial charge in [0.15, 0.2) is 0 Å². The molecule has 1 saturated heterocycles. The van der Waals surface area contributed by atoms with Crippen LogP contribution in [0.15, 0.2) is 24.3 Å². The number of piperazine rings is 1. The van der Waals surface area contributed by atoms with Crippen LogP contribution in [0.4, 0.5) is 10.5 Å². The molecule has 1 N–H and O–H groups in total. The van der Waals surface area contributed by atoms with Gasteiger partial charge in [-0.25, -0.2) is 13.2 Å². The van der Waals surface area contributed by atoms with Crippen LogP contribution in [0, 0.1) is 0 Å². The highest BCUT2D eigenvalue weighted by Gasteiger charge is 2.41. The lowest BCUT2D eigenvalue weighted by molar-refractivity contribution is 0.184. The number of anilines is 1. The number of carbonyl (C=O) groups excluding carboxylic acids is 1. The molecule has 0 unspecified atom stereocenters. The summed E-state index contributed by atoms with van der Waals surface area (Å²) in [6.45, 7) is 2.11. The Balaban J connectivity index is 1.51. The van der Waals surface area contributed by atoms with E-state index in [9.17, 15) is 13.2 Å². The van der Waals surface area contributed by atoms with Crippen molar-refractivity contribution < 1.29 is 17.9 Å². The van der Waals surface area contributed by atoms with Crippen LogP contribution in [-0.4, -0.2) is 62.2 Å². The van der Waals surface area contributed by atoms with Gasteiger partial charge in [-0.2, -0.15) is 4.31 Å². The average Bonchev–Trinajstić information content (AvgIpc) is 3.42. The van der Waals surface area contributed by atoms with Crippen molar-refractivity contribution in [1.29, 1.82) is 0 Å². The fraction of sp³-hybridized carbons (Fsp3) is 0.562. The second-order valence-electron chi connectivity index (χ2n) is 6.19. The van der Waals surface area contributed by atoms with Gasteiger partial charge < -0.3 is 15.0 Å². The van der Waals surface area contributed by atoms with E-state index in [0.29, 0.717) is 38.5 Å². The van der Waals surface area contributed by atoms with E-state index in [0.717, 1.165) is 18.4 Å². The van der Waals surface area contributed by atoms with Crippen LogP contribution in [0.3, 0.4) is 0 Å². The van der Waals surface area contributed by atoms with Crippen molar-refractivity contribution in [3.63, 3.8) is 0 Å². The molecule has 7 nitrogen and oxygen atoms in total. The monoisotopic (exact) mass is 353 g/mol. The molecular weight excluding hydrogens is 330 g/mol. The summed E-state index contributed by atoms with van der Waals surface area (Å²) in [6, 6.07) is 7.27. The molecule has 0 radical (unpaired) electrons. The van der Waals surface area contributed by atoms with Crippen molar-refractivity contribution >= 4 is 21.7 Å². The third-order valence-electron chi connectivity index (χ3n) is 4.35. The quantitative estimate of drug-likeness (QED) is 0.869. The molecule has 1 aliphatic heterocycles. The second-order valence-corrected chi connectivity index (χ2v) is 8.40. The van der Waals surface area contributed by atoms with Crippen molar-refractivity contribution in [1.82, 2.24) is 9.21 Å². The van der Waals surface area contributed by atoms with Crippen molar-refractivity contribution in [3.8, 4) is 0 Å². The largest absolute Gasteiger partial charge is 0.380 e. The van der Waals surface area contributed by atoms with E-state index in [1.54, 1.807) is 12.0 Å². The Kier molecular flexibility index (Phi) is 5.07. The van der Waals surface area contributed by atoms with Crippen LogP contribution in [0.1, 0.15) is 18.4 Å². The van der Waals surface area contributed by atoms with E-state index in [1.807, 2.05) is 24.3 Å². The number of hydrogen-bond acceptors (Lipinski definition) is 4. The zero-order valence-electron chi connectivity index (χ0n) is 13.8. The highest BCUT2D eigenvalue weighted by atomic mass is 32.2. The molecule has 0 aromatic heterocycles. The molecule has 2 amide bonds. The van der Waals surface area contributed by atoms with E-state index in [4.69, 9.17) is 4.74 Å². The van der Waals surface area contributed by atoms with Crippen LogP contribution in [0.2, 0.25) is 0 Å². The minimum atomic E-state index is -3.14. The Morgan fingerprint density at radius 1 is 1.17 bits per heavy atom. The Labute approximate surface area is 142 Å². The molecular formula is C16H23N3O4S. The zero-order chi connectivity index (χ0) is 17.2. The number of methoxy groups -OCH3 is 1. The van der Waals surface area contributed by atoms with E-state index in [1.165, 1.54) is 4.31 Å². The number of amides is 2. The number of urea groups is 1. The Bertz CT molecular complexity index is 678. The lowest BCUT2D eigenvalue weighted by Crippen LogP contribution is -2.52. The molecule has 0 atom stereocenters. The van der Waals surface area contributed by atoms with Crippen molar-refractivity contribution in [2.45, 2.75) is 24.7 Å². The number of sulfonamides is 1. The molecule has 8 heteroatoms. The predicted octanol–water partition coefficient (Wildman–Crippen LogP) is 1.47. The van der Waals surface area contributed by atoms with Crippen LogP contribution in [-0.2, 0) is 21.4 Å². The first kappa shape index (κ1) is 17.2. The molecule has 1 saturated carbocycles. The fourth-order valence-electron chi connectivity index (χ4n) is 2.78. The molecule has 2 aliphatic rings. The maximum Gasteiger partial charge on any atom is 0.321 e. The minimum absolute atomic E-state index is 0.191. The van der Waals surface area contributed by atoms with Gasteiger partial charge in [-0.05, 0) is 30.5 Å². The molecule has 1 aliphatic carbocycles. The number of hydrogen-bond donors (Lipinski definition) is 1. The minimum Gasteiger partial charge on any atom is -0.380 e. The predicted molar refractivity (Wildman–Crippen MR) is 91.3 cm³/mol.